The molecule has 1 heterocycles. The number of aliphatic hydroxyl groups is 1. The van der Waals surface area contributed by atoms with E-state index in [1.54, 1.807) is 12.1 Å². The summed E-state index contributed by atoms with van der Waals surface area (Å²) in [6.07, 6.45) is 4.44. The number of aliphatic hydroxyl groups excluding tert-OH is 1. The Balaban J connectivity index is 2.23. The zero-order valence-corrected chi connectivity index (χ0v) is 10.9. The smallest absolute Gasteiger partial charge is 0.255 e. The van der Waals surface area contributed by atoms with Gasteiger partial charge in [0, 0.05) is 11.1 Å². The molecule has 0 radical (unpaired) electrons. The number of benzene rings is 1. The Labute approximate surface area is 116 Å². The first-order chi connectivity index (χ1) is 9.69. The van der Waals surface area contributed by atoms with Gasteiger partial charge in [-0.15, -0.1) is 0 Å². The topological polar surface area (TPSA) is 75.1 Å². The Morgan fingerprint density at radius 2 is 2.05 bits per heavy atom. The minimum atomic E-state index is -0.254. The first kappa shape index (κ1) is 13.7. The van der Waals surface area contributed by atoms with E-state index in [0.717, 1.165) is 5.56 Å². The van der Waals surface area contributed by atoms with E-state index in [1.807, 2.05) is 13.0 Å². The van der Waals surface area contributed by atoms with Gasteiger partial charge in [-0.2, -0.15) is 0 Å². The Kier molecular flexibility index (Phi) is 4.43. The summed E-state index contributed by atoms with van der Waals surface area (Å²) in [5.41, 5.74) is 2.64. The van der Waals surface area contributed by atoms with Gasteiger partial charge in [-0.05, 0) is 30.7 Å². The quantitative estimate of drug-likeness (QED) is 0.806. The normalized spacial score (nSPS) is 9.50. The van der Waals surface area contributed by atoms with Crippen LogP contribution in [0.5, 0.6) is 0 Å². The van der Waals surface area contributed by atoms with Crippen molar-refractivity contribution in [1.82, 2.24) is 9.97 Å². The van der Waals surface area contributed by atoms with Crippen molar-refractivity contribution < 1.29 is 9.90 Å². The molecular formula is C15H13N3O2. The number of aromatic nitrogens is 2. The van der Waals surface area contributed by atoms with E-state index in [1.165, 1.54) is 18.7 Å². The number of carbonyl (C=O) groups excluding carboxylic acids is 1. The van der Waals surface area contributed by atoms with Crippen LogP contribution in [0.2, 0.25) is 0 Å². The van der Waals surface area contributed by atoms with Crippen molar-refractivity contribution in [1.29, 1.82) is 0 Å². The average Bonchev–Trinajstić information content (AvgIpc) is 2.45. The molecule has 0 aliphatic carbocycles. The molecule has 20 heavy (non-hydrogen) atoms. The molecule has 0 saturated heterocycles. The van der Waals surface area contributed by atoms with Crippen LogP contribution in [-0.4, -0.2) is 27.6 Å². The molecule has 0 aliphatic heterocycles. The lowest BCUT2D eigenvalue weighted by atomic mass is 10.1. The second kappa shape index (κ2) is 6.45. The molecule has 0 spiro atoms. The summed E-state index contributed by atoms with van der Waals surface area (Å²) in [5, 5.41) is 11.4. The van der Waals surface area contributed by atoms with E-state index in [2.05, 4.69) is 27.1 Å². The highest BCUT2D eigenvalue weighted by atomic mass is 16.2. The standard InChI is InChI=1S/C15H13N3O2/c1-11-5-12(3-2-4-19)7-13(6-11)15(20)18-14-8-16-10-17-9-14/h5-10,19H,4H2,1H3,(H,18,20). The minimum Gasteiger partial charge on any atom is -0.384 e. The molecule has 1 aromatic heterocycles. The lowest BCUT2D eigenvalue weighted by molar-refractivity contribution is 0.102. The van der Waals surface area contributed by atoms with Crippen molar-refractivity contribution in [2.45, 2.75) is 6.92 Å². The predicted molar refractivity (Wildman–Crippen MR) is 75.1 cm³/mol. The third kappa shape index (κ3) is 3.64. The highest BCUT2D eigenvalue weighted by molar-refractivity contribution is 6.04. The van der Waals surface area contributed by atoms with Gasteiger partial charge in [-0.1, -0.05) is 11.8 Å². The second-order valence-corrected chi connectivity index (χ2v) is 4.13. The number of rotatable bonds is 2. The Hall–Kier alpha value is -2.71. The van der Waals surface area contributed by atoms with Crippen LogP contribution in [-0.2, 0) is 0 Å². The lowest BCUT2D eigenvalue weighted by Gasteiger charge is -2.06. The van der Waals surface area contributed by atoms with Gasteiger partial charge in [-0.3, -0.25) is 4.79 Å². The highest BCUT2D eigenvalue weighted by Gasteiger charge is 2.07. The van der Waals surface area contributed by atoms with Crippen molar-refractivity contribution in [3.05, 3.63) is 53.6 Å². The van der Waals surface area contributed by atoms with E-state index in [-0.39, 0.29) is 12.5 Å². The molecule has 100 valence electrons. The van der Waals surface area contributed by atoms with Gasteiger partial charge in [0.1, 0.15) is 12.9 Å². The summed E-state index contributed by atoms with van der Waals surface area (Å²) in [6.45, 7) is 1.67. The SMILES string of the molecule is Cc1cc(C#CCO)cc(C(=O)Nc2cncnc2)c1. The van der Waals surface area contributed by atoms with Crippen molar-refractivity contribution >= 4 is 11.6 Å². The van der Waals surface area contributed by atoms with Crippen LogP contribution < -0.4 is 5.32 Å². The lowest BCUT2D eigenvalue weighted by Crippen LogP contribution is -2.12. The monoisotopic (exact) mass is 267 g/mol. The summed E-state index contributed by atoms with van der Waals surface area (Å²) in [7, 11) is 0. The van der Waals surface area contributed by atoms with Gasteiger partial charge in [0.2, 0.25) is 0 Å². The zero-order valence-electron chi connectivity index (χ0n) is 10.9. The maximum absolute atomic E-state index is 12.1. The van der Waals surface area contributed by atoms with Crippen molar-refractivity contribution in [3.63, 3.8) is 0 Å². The fourth-order valence-corrected chi connectivity index (χ4v) is 1.69. The number of aryl methyl sites for hydroxylation is 1. The summed E-state index contributed by atoms with van der Waals surface area (Å²) < 4.78 is 0. The number of carbonyl (C=O) groups is 1. The van der Waals surface area contributed by atoms with E-state index < -0.39 is 0 Å². The van der Waals surface area contributed by atoms with Gasteiger partial charge < -0.3 is 10.4 Å². The summed E-state index contributed by atoms with van der Waals surface area (Å²) in [5.74, 6) is 5.10. The Morgan fingerprint density at radius 3 is 2.75 bits per heavy atom. The van der Waals surface area contributed by atoms with E-state index in [9.17, 15) is 4.79 Å². The molecule has 2 N–H and O–H groups in total. The summed E-state index contributed by atoms with van der Waals surface area (Å²) >= 11 is 0. The Morgan fingerprint density at radius 1 is 1.30 bits per heavy atom. The molecule has 1 amide bonds. The van der Waals surface area contributed by atoms with Crippen LogP contribution in [0.4, 0.5) is 5.69 Å². The number of amides is 1. The minimum absolute atomic E-state index is 0.211. The average molecular weight is 267 g/mol. The van der Waals surface area contributed by atoms with Gasteiger partial charge in [0.15, 0.2) is 0 Å². The molecule has 0 saturated carbocycles. The molecule has 0 bridgehead atoms. The second-order valence-electron chi connectivity index (χ2n) is 4.13. The third-order valence-electron chi connectivity index (χ3n) is 2.47. The Bertz CT molecular complexity index is 673. The first-order valence-electron chi connectivity index (χ1n) is 5.97. The number of nitrogens with zero attached hydrogens (tertiary/aromatic N) is 2. The van der Waals surface area contributed by atoms with E-state index >= 15 is 0 Å². The fraction of sp³-hybridized carbons (Fsp3) is 0.133. The van der Waals surface area contributed by atoms with Crippen LogP contribution in [0.3, 0.4) is 0 Å². The van der Waals surface area contributed by atoms with E-state index in [4.69, 9.17) is 5.11 Å². The fourth-order valence-electron chi connectivity index (χ4n) is 1.69. The van der Waals surface area contributed by atoms with Crippen molar-refractivity contribution in [2.24, 2.45) is 0 Å². The molecule has 2 rings (SSSR count). The predicted octanol–water partition coefficient (Wildman–Crippen LogP) is 1.38. The van der Waals surface area contributed by atoms with Gasteiger partial charge in [0.25, 0.3) is 5.91 Å². The molecular weight excluding hydrogens is 254 g/mol. The molecule has 2 aromatic rings. The molecule has 0 unspecified atom stereocenters. The molecule has 0 aliphatic rings. The number of hydrogen-bond acceptors (Lipinski definition) is 4. The molecule has 5 nitrogen and oxygen atoms in total. The maximum atomic E-state index is 12.1. The van der Waals surface area contributed by atoms with Crippen LogP contribution in [0.25, 0.3) is 0 Å². The zero-order chi connectivity index (χ0) is 14.4. The summed E-state index contributed by atoms with van der Waals surface area (Å²) in [4.78, 5) is 19.8. The maximum Gasteiger partial charge on any atom is 0.255 e. The first-order valence-corrected chi connectivity index (χ1v) is 5.97. The van der Waals surface area contributed by atoms with Crippen LogP contribution >= 0.6 is 0 Å². The van der Waals surface area contributed by atoms with Crippen molar-refractivity contribution in [2.75, 3.05) is 11.9 Å². The van der Waals surface area contributed by atoms with Crippen LogP contribution in [0.15, 0.2) is 36.9 Å². The molecule has 0 atom stereocenters. The van der Waals surface area contributed by atoms with Crippen LogP contribution in [0.1, 0.15) is 21.5 Å². The van der Waals surface area contributed by atoms with E-state index in [0.29, 0.717) is 16.8 Å². The van der Waals surface area contributed by atoms with Crippen LogP contribution in [0, 0.1) is 18.8 Å². The van der Waals surface area contributed by atoms with Gasteiger partial charge in [0.05, 0.1) is 18.1 Å². The molecule has 5 heteroatoms. The number of anilines is 1. The third-order valence-corrected chi connectivity index (χ3v) is 2.47. The molecule has 1 aromatic carbocycles. The van der Waals surface area contributed by atoms with Crippen molar-refractivity contribution in [3.8, 4) is 11.8 Å². The van der Waals surface area contributed by atoms with Gasteiger partial charge >= 0.3 is 0 Å². The van der Waals surface area contributed by atoms with Gasteiger partial charge in [-0.25, -0.2) is 9.97 Å². The highest BCUT2D eigenvalue weighted by Crippen LogP contribution is 2.11. The number of nitrogens with one attached hydrogen (secondary N) is 1. The largest absolute Gasteiger partial charge is 0.384 e. The summed E-state index contributed by atoms with van der Waals surface area (Å²) in [6, 6.07) is 5.29. The number of hydrogen-bond donors (Lipinski definition) is 2. The molecule has 0 fully saturated rings.